The summed E-state index contributed by atoms with van der Waals surface area (Å²) in [6.45, 7) is 7.17. The Morgan fingerprint density at radius 3 is 2.87 bits per heavy atom. The number of hydrogen-bond donors (Lipinski definition) is 3. The summed E-state index contributed by atoms with van der Waals surface area (Å²) in [7, 11) is 0. The molecule has 0 aromatic carbocycles. The molecule has 1 rings (SSSR count). The highest BCUT2D eigenvalue weighted by atomic mass is 14.9. The molecule has 1 aromatic heterocycles. The van der Waals surface area contributed by atoms with Crippen LogP contribution < -0.4 is 11.1 Å². The number of aromatic amines is 1. The first-order valence-electron chi connectivity index (χ1n) is 5.62. The molecule has 0 aliphatic carbocycles. The highest BCUT2D eigenvalue weighted by molar-refractivity contribution is 4.94. The van der Waals surface area contributed by atoms with Crippen molar-refractivity contribution in [3.63, 3.8) is 0 Å². The number of rotatable bonds is 7. The van der Waals surface area contributed by atoms with Crippen LogP contribution in [0, 0.1) is 11.8 Å². The van der Waals surface area contributed by atoms with Crippen molar-refractivity contribution in [1.29, 1.82) is 0 Å². The first-order valence-corrected chi connectivity index (χ1v) is 5.62. The summed E-state index contributed by atoms with van der Waals surface area (Å²) >= 11 is 0. The molecule has 0 aliphatic heterocycles. The minimum Gasteiger partial charge on any atom is -0.348 e. The molecule has 0 amide bonds. The third-order valence-corrected chi connectivity index (χ3v) is 2.78. The smallest absolute Gasteiger partial charge is 0.0921 e. The highest BCUT2D eigenvalue weighted by Crippen LogP contribution is 2.07. The van der Waals surface area contributed by atoms with Gasteiger partial charge in [0.05, 0.1) is 6.33 Å². The molecule has 4 nitrogen and oxygen atoms in total. The minimum atomic E-state index is 0.576. The van der Waals surface area contributed by atoms with Crippen LogP contribution in [0.25, 0.3) is 0 Å². The van der Waals surface area contributed by atoms with Gasteiger partial charge in [0.2, 0.25) is 0 Å². The molecule has 15 heavy (non-hydrogen) atoms. The lowest BCUT2D eigenvalue weighted by Crippen LogP contribution is -2.32. The molecule has 0 bridgehead atoms. The fourth-order valence-electron chi connectivity index (χ4n) is 1.52. The van der Waals surface area contributed by atoms with E-state index in [1.54, 1.807) is 6.33 Å². The maximum Gasteiger partial charge on any atom is 0.0921 e. The number of nitrogens with two attached hydrogens (primary N) is 1. The maximum absolute atomic E-state index is 5.69. The number of nitrogens with one attached hydrogen (secondary N) is 2. The quantitative estimate of drug-likeness (QED) is 0.582. The molecule has 0 fully saturated rings. The zero-order valence-corrected chi connectivity index (χ0v) is 9.66. The SMILES string of the molecule is CC(C)C(CN)CNCCc1cnc[nH]1. The Labute approximate surface area is 91.7 Å². The van der Waals surface area contributed by atoms with Gasteiger partial charge in [0.25, 0.3) is 0 Å². The van der Waals surface area contributed by atoms with Crippen LogP contribution in [0.4, 0.5) is 0 Å². The van der Waals surface area contributed by atoms with Gasteiger partial charge in [-0.1, -0.05) is 13.8 Å². The van der Waals surface area contributed by atoms with Gasteiger partial charge < -0.3 is 16.0 Å². The summed E-state index contributed by atoms with van der Waals surface area (Å²) in [5.74, 6) is 1.22. The number of H-pyrrole nitrogens is 1. The van der Waals surface area contributed by atoms with Gasteiger partial charge in [-0.3, -0.25) is 0 Å². The molecule has 4 N–H and O–H groups in total. The number of imidazole rings is 1. The highest BCUT2D eigenvalue weighted by Gasteiger charge is 2.10. The maximum atomic E-state index is 5.69. The number of hydrogen-bond acceptors (Lipinski definition) is 3. The first kappa shape index (κ1) is 12.2. The second-order valence-corrected chi connectivity index (χ2v) is 4.27. The summed E-state index contributed by atoms with van der Waals surface area (Å²) in [5, 5.41) is 3.43. The summed E-state index contributed by atoms with van der Waals surface area (Å²) in [6, 6.07) is 0. The molecule has 1 heterocycles. The van der Waals surface area contributed by atoms with E-state index in [1.165, 1.54) is 5.69 Å². The third-order valence-electron chi connectivity index (χ3n) is 2.78. The minimum absolute atomic E-state index is 0.576. The van der Waals surface area contributed by atoms with Gasteiger partial charge in [-0.05, 0) is 24.9 Å². The van der Waals surface area contributed by atoms with Crippen molar-refractivity contribution in [2.24, 2.45) is 17.6 Å². The molecular formula is C11H22N4. The molecule has 0 saturated carbocycles. The first-order chi connectivity index (χ1) is 7.24. The van der Waals surface area contributed by atoms with Crippen LogP contribution in [0.1, 0.15) is 19.5 Å². The zero-order valence-electron chi connectivity index (χ0n) is 9.66. The van der Waals surface area contributed by atoms with E-state index in [0.717, 1.165) is 26.1 Å². The van der Waals surface area contributed by atoms with E-state index in [2.05, 4.69) is 29.1 Å². The molecular weight excluding hydrogens is 188 g/mol. The molecule has 0 spiro atoms. The van der Waals surface area contributed by atoms with Crippen LogP contribution in [-0.4, -0.2) is 29.6 Å². The van der Waals surface area contributed by atoms with E-state index in [4.69, 9.17) is 5.73 Å². The van der Waals surface area contributed by atoms with Gasteiger partial charge in [0.1, 0.15) is 0 Å². The molecule has 86 valence electrons. The van der Waals surface area contributed by atoms with Crippen LogP contribution in [0.3, 0.4) is 0 Å². The van der Waals surface area contributed by atoms with E-state index in [1.807, 2.05) is 6.20 Å². The topological polar surface area (TPSA) is 66.7 Å². The lowest BCUT2D eigenvalue weighted by Gasteiger charge is -2.19. The Hall–Kier alpha value is -0.870. The van der Waals surface area contributed by atoms with Crippen LogP contribution in [-0.2, 0) is 6.42 Å². The van der Waals surface area contributed by atoms with Crippen molar-refractivity contribution in [2.75, 3.05) is 19.6 Å². The second kappa shape index (κ2) is 6.58. The Kier molecular flexibility index (Phi) is 5.36. The molecule has 1 atom stereocenters. The number of aromatic nitrogens is 2. The second-order valence-electron chi connectivity index (χ2n) is 4.27. The summed E-state index contributed by atoms with van der Waals surface area (Å²) in [4.78, 5) is 7.06. The molecule has 0 radical (unpaired) electrons. The Morgan fingerprint density at radius 2 is 2.33 bits per heavy atom. The predicted molar refractivity (Wildman–Crippen MR) is 62.5 cm³/mol. The average molecular weight is 210 g/mol. The molecule has 1 unspecified atom stereocenters. The van der Waals surface area contributed by atoms with Gasteiger partial charge in [0, 0.05) is 24.9 Å². The van der Waals surface area contributed by atoms with Crippen molar-refractivity contribution in [3.05, 3.63) is 18.2 Å². The third kappa shape index (κ3) is 4.44. The summed E-state index contributed by atoms with van der Waals surface area (Å²) in [5.41, 5.74) is 6.87. The molecule has 4 heteroatoms. The standard InChI is InChI=1S/C11H22N4/c1-9(2)10(5-12)6-13-4-3-11-7-14-8-15-11/h7-10,13H,3-6,12H2,1-2H3,(H,14,15). The van der Waals surface area contributed by atoms with Crippen LogP contribution in [0.5, 0.6) is 0 Å². The Bertz CT molecular complexity index is 243. The van der Waals surface area contributed by atoms with E-state index in [9.17, 15) is 0 Å². The zero-order chi connectivity index (χ0) is 11.1. The van der Waals surface area contributed by atoms with Crippen LogP contribution in [0.15, 0.2) is 12.5 Å². The van der Waals surface area contributed by atoms with Crippen LogP contribution >= 0.6 is 0 Å². The predicted octanol–water partition coefficient (Wildman–Crippen LogP) is 0.773. The van der Waals surface area contributed by atoms with Gasteiger partial charge in [-0.15, -0.1) is 0 Å². The van der Waals surface area contributed by atoms with E-state index >= 15 is 0 Å². The summed E-state index contributed by atoms with van der Waals surface area (Å²) < 4.78 is 0. The molecule has 0 aliphatic rings. The van der Waals surface area contributed by atoms with Crippen molar-refractivity contribution < 1.29 is 0 Å². The van der Waals surface area contributed by atoms with Crippen molar-refractivity contribution in [2.45, 2.75) is 20.3 Å². The average Bonchev–Trinajstić information content (AvgIpc) is 2.70. The molecule has 0 saturated heterocycles. The van der Waals surface area contributed by atoms with Crippen molar-refractivity contribution in [1.82, 2.24) is 15.3 Å². The largest absolute Gasteiger partial charge is 0.348 e. The van der Waals surface area contributed by atoms with Crippen molar-refractivity contribution >= 4 is 0 Å². The normalized spacial score (nSPS) is 13.3. The van der Waals surface area contributed by atoms with E-state index < -0.39 is 0 Å². The van der Waals surface area contributed by atoms with Gasteiger partial charge in [-0.2, -0.15) is 0 Å². The number of nitrogens with zero attached hydrogens (tertiary/aromatic N) is 1. The van der Waals surface area contributed by atoms with E-state index in [0.29, 0.717) is 11.8 Å². The van der Waals surface area contributed by atoms with Crippen LogP contribution in [0.2, 0.25) is 0 Å². The Balaban J connectivity index is 2.10. The fraction of sp³-hybridized carbons (Fsp3) is 0.727. The van der Waals surface area contributed by atoms with Gasteiger partial charge >= 0.3 is 0 Å². The lowest BCUT2D eigenvalue weighted by atomic mass is 9.96. The van der Waals surface area contributed by atoms with Gasteiger partial charge in [-0.25, -0.2) is 4.98 Å². The fourth-order valence-corrected chi connectivity index (χ4v) is 1.52. The van der Waals surface area contributed by atoms with E-state index in [-0.39, 0.29) is 0 Å². The van der Waals surface area contributed by atoms with Gasteiger partial charge in [0.15, 0.2) is 0 Å². The van der Waals surface area contributed by atoms with Crippen molar-refractivity contribution in [3.8, 4) is 0 Å². The summed E-state index contributed by atoms with van der Waals surface area (Å²) in [6.07, 6.45) is 4.58. The lowest BCUT2D eigenvalue weighted by molar-refractivity contribution is 0.372. The monoisotopic (exact) mass is 210 g/mol. The Morgan fingerprint density at radius 1 is 1.53 bits per heavy atom. The molecule has 1 aromatic rings.